The largest absolute Gasteiger partial charge is 0.323 e. The van der Waals surface area contributed by atoms with E-state index < -0.39 is 0 Å². The maximum atomic E-state index is 11.7. The molecule has 2 aromatic rings. The summed E-state index contributed by atoms with van der Waals surface area (Å²) in [5.41, 5.74) is 0.976. The second-order valence-electron chi connectivity index (χ2n) is 4.64. The van der Waals surface area contributed by atoms with Crippen molar-refractivity contribution in [1.29, 1.82) is 5.41 Å². The van der Waals surface area contributed by atoms with E-state index >= 15 is 0 Å². The summed E-state index contributed by atoms with van der Waals surface area (Å²) in [7, 11) is 0. The Hall–Kier alpha value is -2.36. The van der Waals surface area contributed by atoms with Gasteiger partial charge in [-0.1, -0.05) is 36.4 Å². The summed E-state index contributed by atoms with van der Waals surface area (Å²) in [5.74, 6) is 0.252. The topological polar surface area (TPSA) is 56.2 Å². The number of carbonyl (C=O) groups is 1. The van der Waals surface area contributed by atoms with Gasteiger partial charge >= 0.3 is 6.03 Å². The first-order valence-electron chi connectivity index (χ1n) is 6.35. The van der Waals surface area contributed by atoms with Crippen molar-refractivity contribution in [2.24, 2.45) is 0 Å². The van der Waals surface area contributed by atoms with Gasteiger partial charge in [0.1, 0.15) is 11.9 Å². The van der Waals surface area contributed by atoms with Crippen molar-refractivity contribution < 1.29 is 4.79 Å². The molecule has 1 atom stereocenters. The molecule has 1 aliphatic rings. The molecule has 2 N–H and O–H groups in total. The van der Waals surface area contributed by atoms with Crippen LogP contribution in [0, 0.1) is 5.41 Å². The van der Waals surface area contributed by atoms with Crippen LogP contribution in [-0.4, -0.2) is 23.3 Å². The van der Waals surface area contributed by atoms with E-state index in [0.29, 0.717) is 6.54 Å². The van der Waals surface area contributed by atoms with Crippen molar-refractivity contribution in [3.05, 3.63) is 48.0 Å². The van der Waals surface area contributed by atoms with E-state index in [9.17, 15) is 4.79 Å². The van der Waals surface area contributed by atoms with Gasteiger partial charge in [0.05, 0.1) is 0 Å². The van der Waals surface area contributed by atoms with Crippen molar-refractivity contribution in [3.63, 3.8) is 0 Å². The fourth-order valence-corrected chi connectivity index (χ4v) is 2.58. The summed E-state index contributed by atoms with van der Waals surface area (Å²) in [6.45, 7) is 2.51. The van der Waals surface area contributed by atoms with Gasteiger partial charge in [-0.05, 0) is 29.3 Å². The van der Waals surface area contributed by atoms with Gasteiger partial charge in [0.2, 0.25) is 0 Å². The first-order chi connectivity index (χ1) is 9.20. The highest BCUT2D eigenvalue weighted by Gasteiger charge is 2.35. The van der Waals surface area contributed by atoms with Crippen LogP contribution in [-0.2, 0) is 0 Å². The molecular weight excluding hydrogens is 238 g/mol. The van der Waals surface area contributed by atoms with Gasteiger partial charge in [0.25, 0.3) is 0 Å². The molecule has 0 radical (unpaired) electrons. The van der Waals surface area contributed by atoms with Gasteiger partial charge in [-0.25, -0.2) is 4.79 Å². The number of benzene rings is 2. The lowest BCUT2D eigenvalue weighted by Crippen LogP contribution is -2.29. The van der Waals surface area contributed by atoms with Crippen LogP contribution in [0.25, 0.3) is 10.8 Å². The molecule has 1 aliphatic heterocycles. The molecule has 1 saturated heterocycles. The highest BCUT2D eigenvalue weighted by Crippen LogP contribution is 2.28. The van der Waals surface area contributed by atoms with E-state index in [1.54, 1.807) is 4.90 Å². The number of hydrogen-bond donors (Lipinski definition) is 2. The van der Waals surface area contributed by atoms with Crippen molar-refractivity contribution in [2.45, 2.75) is 13.0 Å². The van der Waals surface area contributed by atoms with Gasteiger partial charge in [0.15, 0.2) is 0 Å². The minimum atomic E-state index is -0.290. The summed E-state index contributed by atoms with van der Waals surface area (Å²) in [5, 5.41) is 12.8. The van der Waals surface area contributed by atoms with Crippen LogP contribution >= 0.6 is 0 Å². The molecular formula is C15H15N3O. The van der Waals surface area contributed by atoms with E-state index in [-0.39, 0.29) is 17.9 Å². The Labute approximate surface area is 111 Å². The third kappa shape index (κ3) is 1.85. The Morgan fingerprint density at radius 3 is 2.68 bits per heavy atom. The molecule has 1 heterocycles. The maximum absolute atomic E-state index is 11.7. The van der Waals surface area contributed by atoms with Crippen LogP contribution in [0.5, 0.6) is 0 Å². The molecule has 4 nitrogen and oxygen atoms in total. The molecule has 0 aliphatic carbocycles. The zero-order valence-corrected chi connectivity index (χ0v) is 10.7. The van der Waals surface area contributed by atoms with Crippen LogP contribution in [0.15, 0.2) is 42.5 Å². The molecule has 4 heteroatoms. The number of rotatable bonds is 2. The number of fused-ring (bicyclic) bond motifs is 1. The Kier molecular flexibility index (Phi) is 2.71. The number of carbonyl (C=O) groups excluding carboxylic acids is 1. The number of amides is 2. The number of likely N-dealkylation sites (N-methyl/N-ethyl adjacent to an activating group) is 1. The quantitative estimate of drug-likeness (QED) is 0.849. The van der Waals surface area contributed by atoms with E-state index in [0.717, 1.165) is 16.3 Å². The SMILES string of the molecule is CCN1C(=O)NC(=N)C1c1ccc2ccccc2c1. The zero-order chi connectivity index (χ0) is 13.4. The van der Waals surface area contributed by atoms with Gasteiger partial charge in [-0.2, -0.15) is 0 Å². The predicted molar refractivity (Wildman–Crippen MR) is 75.3 cm³/mol. The summed E-state index contributed by atoms with van der Waals surface area (Å²) < 4.78 is 0. The van der Waals surface area contributed by atoms with Gasteiger partial charge in [0, 0.05) is 6.54 Å². The van der Waals surface area contributed by atoms with E-state index in [2.05, 4.69) is 17.4 Å². The summed E-state index contributed by atoms with van der Waals surface area (Å²) in [6, 6.07) is 13.7. The molecule has 96 valence electrons. The lowest BCUT2D eigenvalue weighted by molar-refractivity contribution is 0.209. The van der Waals surface area contributed by atoms with Crippen LogP contribution in [0.3, 0.4) is 0 Å². The number of nitrogens with zero attached hydrogens (tertiary/aromatic N) is 1. The smallest absolute Gasteiger partial charge is 0.310 e. The van der Waals surface area contributed by atoms with E-state index in [1.165, 1.54) is 0 Å². The van der Waals surface area contributed by atoms with Crippen LogP contribution in [0.4, 0.5) is 4.79 Å². The normalized spacial score (nSPS) is 19.0. The second-order valence-corrected chi connectivity index (χ2v) is 4.64. The van der Waals surface area contributed by atoms with Crippen LogP contribution in [0.2, 0.25) is 0 Å². The van der Waals surface area contributed by atoms with E-state index in [1.807, 2.05) is 37.3 Å². The lowest BCUT2D eigenvalue weighted by Gasteiger charge is -2.21. The summed E-state index contributed by atoms with van der Waals surface area (Å²) >= 11 is 0. The van der Waals surface area contributed by atoms with Crippen molar-refractivity contribution in [2.75, 3.05) is 6.54 Å². The van der Waals surface area contributed by atoms with Crippen LogP contribution < -0.4 is 5.32 Å². The van der Waals surface area contributed by atoms with Gasteiger partial charge in [-0.3, -0.25) is 10.7 Å². The van der Waals surface area contributed by atoms with Gasteiger partial charge < -0.3 is 4.90 Å². The highest BCUT2D eigenvalue weighted by atomic mass is 16.2. The van der Waals surface area contributed by atoms with Crippen LogP contribution in [0.1, 0.15) is 18.5 Å². The fraction of sp³-hybridized carbons (Fsp3) is 0.200. The first-order valence-corrected chi connectivity index (χ1v) is 6.35. The second kappa shape index (κ2) is 4.39. The summed E-state index contributed by atoms with van der Waals surface area (Å²) in [6.07, 6.45) is 0. The maximum Gasteiger partial charge on any atom is 0.323 e. The van der Waals surface area contributed by atoms with Crippen molar-refractivity contribution >= 4 is 22.6 Å². The molecule has 1 unspecified atom stereocenters. The molecule has 19 heavy (non-hydrogen) atoms. The Morgan fingerprint density at radius 1 is 1.21 bits per heavy atom. The Balaban J connectivity index is 2.08. The minimum Gasteiger partial charge on any atom is -0.310 e. The zero-order valence-electron chi connectivity index (χ0n) is 10.7. The molecule has 0 aromatic heterocycles. The van der Waals surface area contributed by atoms with Crippen molar-refractivity contribution in [3.8, 4) is 0 Å². The van der Waals surface area contributed by atoms with Gasteiger partial charge in [-0.15, -0.1) is 0 Å². The Morgan fingerprint density at radius 2 is 1.95 bits per heavy atom. The number of nitrogens with one attached hydrogen (secondary N) is 2. The molecule has 3 rings (SSSR count). The molecule has 2 aromatic carbocycles. The third-order valence-corrected chi connectivity index (χ3v) is 3.52. The first kappa shape index (κ1) is 11.7. The average Bonchev–Trinajstić information content (AvgIpc) is 2.72. The molecule has 0 saturated carbocycles. The molecule has 1 fully saturated rings. The fourth-order valence-electron chi connectivity index (χ4n) is 2.58. The number of hydrogen-bond acceptors (Lipinski definition) is 2. The number of urea groups is 1. The number of amidine groups is 1. The highest BCUT2D eigenvalue weighted by molar-refractivity contribution is 6.06. The lowest BCUT2D eigenvalue weighted by atomic mass is 10.0. The summed E-state index contributed by atoms with van der Waals surface area (Å²) in [4.78, 5) is 13.4. The monoisotopic (exact) mass is 253 g/mol. The van der Waals surface area contributed by atoms with Crippen molar-refractivity contribution in [1.82, 2.24) is 10.2 Å². The van der Waals surface area contributed by atoms with E-state index in [4.69, 9.17) is 5.41 Å². The predicted octanol–water partition coefficient (Wildman–Crippen LogP) is 2.90. The standard InChI is InChI=1S/C15H15N3O/c1-2-18-13(14(16)17-15(18)19)12-8-7-10-5-3-4-6-11(10)9-12/h3-9,13H,2H2,1H3,(H2,16,17,19). The molecule has 2 amide bonds. The minimum absolute atomic E-state index is 0.189. The molecule has 0 bridgehead atoms. The molecule has 0 spiro atoms. The third-order valence-electron chi connectivity index (χ3n) is 3.52. The Bertz CT molecular complexity index is 665. The average molecular weight is 253 g/mol.